The number of nitrogens with zero attached hydrogens (tertiary/aromatic N) is 2. The topological polar surface area (TPSA) is 70.9 Å². The van der Waals surface area contributed by atoms with Gasteiger partial charge in [0.25, 0.3) is 0 Å². The summed E-state index contributed by atoms with van der Waals surface area (Å²) in [5.41, 5.74) is 1.43. The van der Waals surface area contributed by atoms with Crippen LogP contribution in [0.3, 0.4) is 0 Å². The average molecular weight is 157 g/mol. The van der Waals surface area contributed by atoms with E-state index in [2.05, 4.69) is 9.97 Å². The third-order valence-corrected chi connectivity index (χ3v) is 1.96. The summed E-state index contributed by atoms with van der Waals surface area (Å²) in [7, 11) is 0. The summed E-state index contributed by atoms with van der Waals surface area (Å²) in [6.45, 7) is 0. The maximum atomic E-state index is 10.6. The lowest BCUT2D eigenvalue weighted by atomic mass is 10.8. The molecule has 5 nitrogen and oxygen atoms in total. The Morgan fingerprint density at radius 2 is 2.60 bits per heavy atom. The zero-order valence-electron chi connectivity index (χ0n) is 4.74. The predicted molar refractivity (Wildman–Crippen MR) is 35.4 cm³/mol. The molecule has 0 fully saturated rings. The number of hydrogen-bond donors (Lipinski definition) is 2. The third kappa shape index (κ3) is 0.508. The minimum Gasteiger partial charge on any atom is -0.423 e. The second-order valence-corrected chi connectivity index (χ2v) is 2.58. The molecule has 0 aliphatic heterocycles. The molecule has 10 heavy (non-hydrogen) atoms. The predicted octanol–water partition coefficient (Wildman–Crippen LogP) is 0.0234. The minimum atomic E-state index is -0.547. The first-order valence-corrected chi connectivity index (χ1v) is 3.40. The summed E-state index contributed by atoms with van der Waals surface area (Å²) in [5.74, 6) is 0. The van der Waals surface area contributed by atoms with Crippen molar-refractivity contribution in [2.45, 2.75) is 0 Å². The fourth-order valence-electron chi connectivity index (χ4n) is 0.722. The molecule has 0 unspecified atom stereocenters. The van der Waals surface area contributed by atoms with Crippen molar-refractivity contribution in [1.82, 2.24) is 14.7 Å². The summed E-state index contributed by atoms with van der Waals surface area (Å²) in [6, 6.07) is 0. The highest BCUT2D eigenvalue weighted by molar-refractivity contribution is 7.16. The van der Waals surface area contributed by atoms with Crippen LogP contribution < -0.4 is 5.69 Å². The molecule has 6 heteroatoms. The third-order valence-electron chi connectivity index (χ3n) is 1.16. The Bertz CT molecular complexity index is 411. The second kappa shape index (κ2) is 1.60. The maximum absolute atomic E-state index is 10.6. The highest BCUT2D eigenvalue weighted by Gasteiger charge is 2.05. The molecule has 52 valence electrons. The molecule has 2 aromatic heterocycles. The second-order valence-electron chi connectivity index (χ2n) is 1.75. The van der Waals surface area contributed by atoms with Gasteiger partial charge in [0.15, 0.2) is 10.5 Å². The van der Waals surface area contributed by atoms with Crippen LogP contribution in [0, 0.1) is 0 Å². The molecule has 0 atom stereocenters. The van der Waals surface area contributed by atoms with Crippen LogP contribution in [0.15, 0.2) is 10.3 Å². The van der Waals surface area contributed by atoms with E-state index in [4.69, 9.17) is 5.21 Å². The molecular formula is C4H3N3O2S. The minimum absolute atomic E-state index is 0.428. The van der Waals surface area contributed by atoms with Gasteiger partial charge in [-0.3, -0.25) is 4.98 Å². The molecule has 0 saturated carbocycles. The molecular weight excluding hydrogens is 154 g/mol. The number of rotatable bonds is 0. The molecule has 2 heterocycles. The molecule has 2 N–H and O–H groups in total. The van der Waals surface area contributed by atoms with Gasteiger partial charge < -0.3 is 5.21 Å². The van der Waals surface area contributed by atoms with Gasteiger partial charge in [0.1, 0.15) is 0 Å². The van der Waals surface area contributed by atoms with Gasteiger partial charge in [-0.05, 0) is 0 Å². The van der Waals surface area contributed by atoms with Gasteiger partial charge in [-0.15, -0.1) is 4.73 Å². The molecule has 0 amide bonds. The number of aromatic amines is 1. The molecule has 0 aliphatic carbocycles. The lowest BCUT2D eigenvalue weighted by Gasteiger charge is -1.80. The number of nitrogens with one attached hydrogen (secondary N) is 1. The van der Waals surface area contributed by atoms with Crippen molar-refractivity contribution in [1.29, 1.82) is 0 Å². The molecule has 0 aliphatic rings. The van der Waals surface area contributed by atoms with E-state index in [1.165, 1.54) is 11.3 Å². The number of fused-ring (bicyclic) bond motifs is 1. The molecule has 0 radical (unpaired) electrons. The number of H-pyrrole nitrogens is 1. The first-order valence-electron chi connectivity index (χ1n) is 2.52. The van der Waals surface area contributed by atoms with Crippen LogP contribution >= 0.6 is 11.3 Å². The fourth-order valence-corrected chi connectivity index (χ4v) is 1.38. The Hall–Kier alpha value is -1.30. The normalized spacial score (nSPS) is 10.8. The summed E-state index contributed by atoms with van der Waals surface area (Å²) >= 11 is 1.21. The first-order chi connectivity index (χ1) is 4.79. The van der Waals surface area contributed by atoms with Crippen LogP contribution in [0.2, 0.25) is 0 Å². The van der Waals surface area contributed by atoms with Gasteiger partial charge >= 0.3 is 5.69 Å². The summed E-state index contributed by atoms with van der Waals surface area (Å²) in [5, 5.41) is 8.93. The van der Waals surface area contributed by atoms with Crippen molar-refractivity contribution in [2.24, 2.45) is 0 Å². The number of thiazole rings is 1. The van der Waals surface area contributed by atoms with E-state index in [1.54, 1.807) is 5.51 Å². The van der Waals surface area contributed by atoms with Crippen molar-refractivity contribution in [3.05, 3.63) is 16.0 Å². The Morgan fingerprint density at radius 1 is 1.80 bits per heavy atom. The van der Waals surface area contributed by atoms with Crippen LogP contribution in [0.1, 0.15) is 0 Å². The number of hydrogen-bond acceptors (Lipinski definition) is 4. The quantitative estimate of drug-likeness (QED) is 0.530. The van der Waals surface area contributed by atoms with Gasteiger partial charge in [0, 0.05) is 0 Å². The average Bonchev–Trinajstić information content (AvgIpc) is 2.41. The zero-order chi connectivity index (χ0) is 7.14. The van der Waals surface area contributed by atoms with Crippen molar-refractivity contribution < 1.29 is 5.21 Å². The monoisotopic (exact) mass is 157 g/mol. The van der Waals surface area contributed by atoms with Crippen molar-refractivity contribution in [2.75, 3.05) is 0 Å². The maximum Gasteiger partial charge on any atom is 0.361 e. The van der Waals surface area contributed by atoms with Gasteiger partial charge in [-0.1, -0.05) is 11.3 Å². The summed E-state index contributed by atoms with van der Waals surface area (Å²) in [6.07, 6.45) is 0. The van der Waals surface area contributed by atoms with Gasteiger partial charge in [-0.25, -0.2) is 9.78 Å². The largest absolute Gasteiger partial charge is 0.423 e. The Balaban J connectivity index is 3.09. The first kappa shape index (κ1) is 5.48. The number of aromatic nitrogens is 3. The van der Waals surface area contributed by atoms with E-state index in [0.29, 0.717) is 15.2 Å². The molecule has 2 aromatic rings. The number of imidazole rings is 1. The fraction of sp³-hybridized carbons (Fsp3) is 0. The molecule has 0 bridgehead atoms. The van der Waals surface area contributed by atoms with Crippen LogP contribution in [0.25, 0.3) is 10.5 Å². The van der Waals surface area contributed by atoms with E-state index in [9.17, 15) is 4.79 Å². The van der Waals surface area contributed by atoms with Crippen molar-refractivity contribution in [3.8, 4) is 0 Å². The zero-order valence-corrected chi connectivity index (χ0v) is 5.55. The van der Waals surface area contributed by atoms with E-state index in [-0.39, 0.29) is 0 Å². The Kier molecular flexibility index (Phi) is 0.877. The van der Waals surface area contributed by atoms with E-state index in [0.717, 1.165) is 0 Å². The van der Waals surface area contributed by atoms with Crippen LogP contribution in [-0.2, 0) is 0 Å². The molecule has 0 aromatic carbocycles. The summed E-state index contributed by atoms with van der Waals surface area (Å²) < 4.78 is 0.549. The lowest BCUT2D eigenvalue weighted by Crippen LogP contribution is -2.12. The van der Waals surface area contributed by atoms with Crippen LogP contribution in [-0.4, -0.2) is 19.9 Å². The SMILES string of the molecule is O=c1[nH]c2ncsc2n1O. The van der Waals surface area contributed by atoms with E-state index < -0.39 is 5.69 Å². The van der Waals surface area contributed by atoms with Gasteiger partial charge in [0.2, 0.25) is 0 Å². The lowest BCUT2D eigenvalue weighted by molar-refractivity contribution is 0.189. The highest BCUT2D eigenvalue weighted by atomic mass is 32.1. The smallest absolute Gasteiger partial charge is 0.361 e. The van der Waals surface area contributed by atoms with E-state index in [1.807, 2.05) is 0 Å². The van der Waals surface area contributed by atoms with Gasteiger partial charge in [0.05, 0.1) is 5.51 Å². The van der Waals surface area contributed by atoms with Crippen LogP contribution in [0.5, 0.6) is 0 Å². The van der Waals surface area contributed by atoms with Crippen LogP contribution in [0.4, 0.5) is 0 Å². The summed E-state index contributed by atoms with van der Waals surface area (Å²) in [4.78, 5) is 17.2. The molecule has 0 spiro atoms. The van der Waals surface area contributed by atoms with Gasteiger partial charge in [-0.2, -0.15) is 0 Å². The molecule has 2 rings (SSSR count). The Labute approximate surface area is 58.5 Å². The molecule has 0 saturated heterocycles. The van der Waals surface area contributed by atoms with Crippen molar-refractivity contribution in [3.63, 3.8) is 0 Å². The standard InChI is InChI=1S/C4H3N3O2S/c8-4-6-2-3(7(4)9)10-1-5-2/h1,9H,(H,6,8). The highest BCUT2D eigenvalue weighted by Crippen LogP contribution is 2.11. The van der Waals surface area contributed by atoms with Crippen molar-refractivity contribution >= 4 is 21.8 Å². The van der Waals surface area contributed by atoms with E-state index >= 15 is 0 Å². The Morgan fingerprint density at radius 3 is 3.30 bits per heavy atom.